The number of sulfone groups is 1. The molecule has 200 valence electrons. The summed E-state index contributed by atoms with van der Waals surface area (Å²) < 4.78 is 27.1. The van der Waals surface area contributed by atoms with Gasteiger partial charge in [0.2, 0.25) is 9.84 Å². The van der Waals surface area contributed by atoms with Crippen LogP contribution < -0.4 is 4.90 Å². The van der Waals surface area contributed by atoms with Gasteiger partial charge in [0.1, 0.15) is 0 Å². The molecule has 0 amide bonds. The Balaban J connectivity index is 1.32. The molecule has 6 aromatic rings. The molecule has 0 N–H and O–H groups in total. The van der Waals surface area contributed by atoms with Crippen molar-refractivity contribution in [2.75, 3.05) is 4.90 Å². The molecule has 2 aliphatic heterocycles. The number of rotatable bonds is 1. The summed E-state index contributed by atoms with van der Waals surface area (Å²) in [6.45, 7) is 0. The van der Waals surface area contributed by atoms with Crippen molar-refractivity contribution in [3.8, 4) is 11.1 Å². The second kappa shape index (κ2) is 8.48. The quantitative estimate of drug-likeness (QED) is 0.195. The molecule has 3 aliphatic rings. The Bertz CT molecular complexity index is 2120. The molecule has 1 spiro atoms. The number of para-hydroxylation sites is 2. The van der Waals surface area contributed by atoms with Crippen molar-refractivity contribution in [1.82, 2.24) is 0 Å². The number of hydrogen-bond donors (Lipinski definition) is 0. The first-order valence-corrected chi connectivity index (χ1v) is 16.2. The van der Waals surface area contributed by atoms with E-state index in [0.29, 0.717) is 9.79 Å². The van der Waals surface area contributed by atoms with Gasteiger partial charge in [-0.3, -0.25) is 0 Å². The molecule has 1 aliphatic carbocycles. The third-order valence-corrected chi connectivity index (χ3v) is 12.1. The maximum absolute atomic E-state index is 13.6. The van der Waals surface area contributed by atoms with Gasteiger partial charge in [0.15, 0.2) is 0 Å². The molecule has 0 saturated heterocycles. The minimum atomic E-state index is -3.59. The Kier molecular flexibility index (Phi) is 4.86. The average molecular weight is 578 g/mol. The first kappa shape index (κ1) is 24.1. The molecule has 0 radical (unpaired) electrons. The lowest BCUT2D eigenvalue weighted by Gasteiger charge is -2.45. The van der Waals surface area contributed by atoms with E-state index in [-0.39, 0.29) is 0 Å². The molecule has 2 heterocycles. The van der Waals surface area contributed by atoms with E-state index in [2.05, 4.69) is 102 Å². The lowest BCUT2D eigenvalue weighted by molar-refractivity contribution is 0.591. The summed E-state index contributed by atoms with van der Waals surface area (Å²) in [6.07, 6.45) is 0. The monoisotopic (exact) mass is 577 g/mol. The second-order valence-corrected chi connectivity index (χ2v) is 13.9. The highest BCUT2D eigenvalue weighted by Gasteiger charge is 2.51. The van der Waals surface area contributed by atoms with Gasteiger partial charge in [-0.05, 0) is 75.8 Å². The molecule has 0 bridgehead atoms. The zero-order valence-electron chi connectivity index (χ0n) is 22.4. The number of fused-ring (bicyclic) bond motifs is 11. The predicted molar refractivity (Wildman–Crippen MR) is 168 cm³/mol. The van der Waals surface area contributed by atoms with Crippen LogP contribution in [0.1, 0.15) is 22.3 Å². The van der Waals surface area contributed by atoms with Gasteiger partial charge in [0.05, 0.1) is 26.6 Å². The summed E-state index contributed by atoms with van der Waals surface area (Å²) in [5, 5.41) is 0. The van der Waals surface area contributed by atoms with E-state index in [4.69, 9.17) is 0 Å². The first-order chi connectivity index (χ1) is 20.6. The highest BCUT2D eigenvalue weighted by Crippen LogP contribution is 2.63. The zero-order chi connectivity index (χ0) is 28.1. The molecule has 5 heteroatoms. The van der Waals surface area contributed by atoms with Gasteiger partial charge in [-0.15, -0.1) is 0 Å². The van der Waals surface area contributed by atoms with E-state index >= 15 is 0 Å². The van der Waals surface area contributed by atoms with Crippen LogP contribution in [0.4, 0.5) is 17.1 Å². The van der Waals surface area contributed by atoms with Crippen molar-refractivity contribution in [2.24, 2.45) is 0 Å². The van der Waals surface area contributed by atoms with Gasteiger partial charge in [-0.2, -0.15) is 0 Å². The van der Waals surface area contributed by atoms with Crippen LogP contribution in [-0.2, 0) is 15.3 Å². The Hall–Kier alpha value is -4.58. The Morgan fingerprint density at radius 1 is 0.500 bits per heavy atom. The van der Waals surface area contributed by atoms with E-state index in [1.807, 2.05) is 24.3 Å². The summed E-state index contributed by atoms with van der Waals surface area (Å²) in [5.41, 5.74) is 10.2. The minimum Gasteiger partial charge on any atom is -0.310 e. The molecule has 0 atom stereocenters. The van der Waals surface area contributed by atoms with Crippen molar-refractivity contribution in [3.05, 3.63) is 162 Å². The van der Waals surface area contributed by atoms with Crippen LogP contribution in [0.15, 0.2) is 159 Å². The molecule has 3 nitrogen and oxygen atoms in total. The molecule has 0 unspecified atom stereocenters. The highest BCUT2D eigenvalue weighted by atomic mass is 32.2. The van der Waals surface area contributed by atoms with Crippen molar-refractivity contribution in [2.45, 2.75) is 25.0 Å². The topological polar surface area (TPSA) is 37.4 Å². The number of hydrogen-bond acceptors (Lipinski definition) is 4. The molecule has 0 saturated carbocycles. The normalized spacial score (nSPS) is 16.0. The SMILES string of the molecule is O=S1(=O)c2ccccc2Sc2cc(N3c4ccccc4C4(c5ccccc5-c5ccccc54)c4ccccc43)ccc21. The summed E-state index contributed by atoms with van der Waals surface area (Å²) in [5.74, 6) is 0. The van der Waals surface area contributed by atoms with E-state index in [1.165, 1.54) is 45.1 Å². The van der Waals surface area contributed by atoms with Crippen LogP contribution >= 0.6 is 11.8 Å². The van der Waals surface area contributed by atoms with Crippen LogP contribution in [0.25, 0.3) is 11.1 Å². The highest BCUT2D eigenvalue weighted by molar-refractivity contribution is 8.02. The molecule has 6 aromatic carbocycles. The van der Waals surface area contributed by atoms with Gasteiger partial charge < -0.3 is 4.90 Å². The van der Waals surface area contributed by atoms with Crippen LogP contribution in [-0.4, -0.2) is 8.42 Å². The smallest absolute Gasteiger partial charge is 0.208 e. The second-order valence-electron chi connectivity index (χ2n) is 10.9. The third kappa shape index (κ3) is 2.94. The predicted octanol–water partition coefficient (Wildman–Crippen LogP) is 9.13. The van der Waals surface area contributed by atoms with Gasteiger partial charge in [-0.1, -0.05) is 109 Å². The molecular weight excluding hydrogens is 555 g/mol. The summed E-state index contributed by atoms with van der Waals surface area (Å²) in [6, 6.07) is 47.9. The maximum atomic E-state index is 13.6. The van der Waals surface area contributed by atoms with Gasteiger partial charge in [0, 0.05) is 15.5 Å². The Morgan fingerprint density at radius 3 is 1.64 bits per heavy atom. The van der Waals surface area contributed by atoms with Crippen LogP contribution in [0.3, 0.4) is 0 Å². The fourth-order valence-electron chi connectivity index (χ4n) is 7.27. The summed E-state index contributed by atoms with van der Waals surface area (Å²) >= 11 is 1.52. The lowest BCUT2D eigenvalue weighted by Crippen LogP contribution is -2.36. The Labute approximate surface area is 249 Å². The van der Waals surface area contributed by atoms with Crippen molar-refractivity contribution < 1.29 is 8.42 Å². The Morgan fingerprint density at radius 2 is 1.00 bits per heavy atom. The van der Waals surface area contributed by atoms with Gasteiger partial charge >= 0.3 is 0 Å². The number of anilines is 3. The number of benzene rings is 6. The van der Waals surface area contributed by atoms with E-state index in [1.54, 1.807) is 18.2 Å². The fourth-order valence-corrected chi connectivity index (χ4v) is 10.5. The first-order valence-electron chi connectivity index (χ1n) is 13.9. The molecular formula is C37H23NO2S2. The molecule has 42 heavy (non-hydrogen) atoms. The molecule has 9 rings (SSSR count). The minimum absolute atomic E-state index is 0.364. The van der Waals surface area contributed by atoms with Crippen molar-refractivity contribution >= 4 is 38.7 Å². The maximum Gasteiger partial charge on any atom is 0.208 e. The summed E-state index contributed by atoms with van der Waals surface area (Å²) in [7, 11) is -3.59. The van der Waals surface area contributed by atoms with E-state index in [0.717, 1.165) is 26.9 Å². The average Bonchev–Trinajstić information content (AvgIpc) is 3.32. The van der Waals surface area contributed by atoms with Gasteiger partial charge in [-0.25, -0.2) is 8.42 Å². The van der Waals surface area contributed by atoms with E-state index < -0.39 is 15.3 Å². The zero-order valence-corrected chi connectivity index (χ0v) is 24.0. The third-order valence-electron chi connectivity index (χ3n) is 8.88. The largest absolute Gasteiger partial charge is 0.310 e. The van der Waals surface area contributed by atoms with Crippen molar-refractivity contribution in [3.63, 3.8) is 0 Å². The molecule has 0 aromatic heterocycles. The van der Waals surface area contributed by atoms with Crippen LogP contribution in [0.5, 0.6) is 0 Å². The standard InChI is InChI=1S/C37H23NO2S2/c39-42(40)35-20-10-9-19-33(35)41-34-23-24(21-22-36(34)42)38-31-17-7-5-15-29(31)37(30-16-6-8-18-32(30)38)27-13-3-1-11-25(27)26-12-2-4-14-28(26)37/h1-23H. The number of nitrogens with zero attached hydrogens (tertiary/aromatic N) is 1. The molecule has 0 fully saturated rings. The lowest BCUT2D eigenvalue weighted by atomic mass is 9.64. The van der Waals surface area contributed by atoms with Crippen LogP contribution in [0, 0.1) is 0 Å². The van der Waals surface area contributed by atoms with Crippen molar-refractivity contribution in [1.29, 1.82) is 0 Å². The summed E-state index contributed by atoms with van der Waals surface area (Å²) in [4.78, 5) is 4.55. The van der Waals surface area contributed by atoms with E-state index in [9.17, 15) is 8.42 Å². The van der Waals surface area contributed by atoms with Gasteiger partial charge in [0.25, 0.3) is 0 Å². The fraction of sp³-hybridized carbons (Fsp3) is 0.0270. The van der Waals surface area contributed by atoms with Crippen LogP contribution in [0.2, 0.25) is 0 Å².